The second kappa shape index (κ2) is 8.19. The second-order valence-electron chi connectivity index (χ2n) is 9.34. The number of nitrogens with zero attached hydrogens (tertiary/aromatic N) is 3. The van der Waals surface area contributed by atoms with Gasteiger partial charge in [0, 0.05) is 27.6 Å². The topological polar surface area (TPSA) is 75.0 Å². The van der Waals surface area contributed by atoms with Gasteiger partial charge in [0.15, 0.2) is 23.0 Å². The van der Waals surface area contributed by atoms with Gasteiger partial charge >= 0.3 is 0 Å². The number of hydrogen-bond acceptors (Lipinski definition) is 6. The predicted octanol–water partition coefficient (Wildman–Crippen LogP) is 4.21. The van der Waals surface area contributed by atoms with Gasteiger partial charge in [-0.25, -0.2) is 4.39 Å². The van der Waals surface area contributed by atoms with E-state index in [4.69, 9.17) is 4.74 Å². The number of ether oxygens (including phenoxy) is 1. The molecule has 1 atom stereocenters. The number of fused-ring (bicyclic) bond motifs is 6. The summed E-state index contributed by atoms with van der Waals surface area (Å²) in [4.78, 5) is 29.6. The van der Waals surface area contributed by atoms with Crippen LogP contribution in [-0.4, -0.2) is 39.4 Å². The fraction of sp³-hybridized carbons (Fsp3) is 0.308. The Hall–Kier alpha value is -3.66. The summed E-state index contributed by atoms with van der Waals surface area (Å²) >= 11 is 1.48. The van der Waals surface area contributed by atoms with Crippen LogP contribution in [0.5, 0.6) is 11.5 Å². The lowest BCUT2D eigenvalue weighted by Crippen LogP contribution is -2.64. The first kappa shape index (κ1) is 22.8. The highest BCUT2D eigenvalue weighted by Crippen LogP contribution is 2.45. The Balaban J connectivity index is 1.67. The Morgan fingerprint density at radius 2 is 1.94 bits per heavy atom. The van der Waals surface area contributed by atoms with Gasteiger partial charge in [-0.15, -0.1) is 11.3 Å². The van der Waals surface area contributed by atoms with E-state index in [1.165, 1.54) is 34.3 Å². The first-order valence-electron chi connectivity index (χ1n) is 11.7. The smallest absolute Gasteiger partial charge is 0.278 e. The van der Waals surface area contributed by atoms with E-state index >= 15 is 4.39 Å². The SMILES string of the molecule is Cc1ccc(C2c3ccc(F)c(F)c3OC/C=C/C3(CCC3)N3CN2n2ccc(=O)c(O)c2C3=O)s1. The minimum Gasteiger partial charge on any atom is -0.502 e. The van der Waals surface area contributed by atoms with Gasteiger partial charge < -0.3 is 14.7 Å². The van der Waals surface area contributed by atoms with Crippen molar-refractivity contribution >= 4 is 17.2 Å². The van der Waals surface area contributed by atoms with Crippen molar-refractivity contribution < 1.29 is 23.4 Å². The van der Waals surface area contributed by atoms with Crippen LogP contribution in [0, 0.1) is 18.6 Å². The second-order valence-corrected chi connectivity index (χ2v) is 10.7. The summed E-state index contributed by atoms with van der Waals surface area (Å²) in [6.45, 7) is 2.03. The molecular formula is C26H23F2N3O4S. The maximum Gasteiger partial charge on any atom is 0.278 e. The van der Waals surface area contributed by atoms with E-state index in [2.05, 4.69) is 0 Å². The number of pyridine rings is 1. The standard InChI is InChI=1S/C26H23F2N3O4S/c1-15-4-7-19(36-15)21-16-5-6-17(27)20(28)24(16)35-13-3-11-26(9-2-10-26)29-14-31(21)30-12-8-18(32)23(33)22(30)25(29)34/h3-8,11-12,21,33H,2,9-10,13-14H2,1H3/b11-3+. The van der Waals surface area contributed by atoms with E-state index in [1.807, 2.05) is 25.1 Å². The molecular weight excluding hydrogens is 488 g/mol. The maximum atomic E-state index is 15.2. The number of rotatable bonds is 1. The molecule has 10 heteroatoms. The lowest BCUT2D eigenvalue weighted by molar-refractivity contribution is 0.0256. The third-order valence-electron chi connectivity index (χ3n) is 7.28. The summed E-state index contributed by atoms with van der Waals surface area (Å²) in [6, 6.07) is 6.85. The summed E-state index contributed by atoms with van der Waals surface area (Å²) < 4.78 is 36.8. The van der Waals surface area contributed by atoms with Crippen molar-refractivity contribution in [3.05, 3.63) is 91.6 Å². The third-order valence-corrected chi connectivity index (χ3v) is 8.33. The lowest BCUT2D eigenvalue weighted by atomic mass is 9.74. The van der Waals surface area contributed by atoms with Crippen LogP contribution in [0.1, 0.15) is 51.1 Å². The molecule has 1 N–H and O–H groups in total. The predicted molar refractivity (Wildman–Crippen MR) is 130 cm³/mol. The number of aromatic hydroxyl groups is 1. The Labute approximate surface area is 209 Å². The molecule has 2 aliphatic heterocycles. The summed E-state index contributed by atoms with van der Waals surface area (Å²) in [5.41, 5.74) is -1.10. The molecule has 1 aliphatic carbocycles. The summed E-state index contributed by atoms with van der Waals surface area (Å²) in [6.07, 6.45) is 7.30. The van der Waals surface area contributed by atoms with Crippen LogP contribution in [0.3, 0.4) is 0 Å². The number of hydrogen-bond donors (Lipinski definition) is 1. The number of carbonyl (C=O) groups excluding carboxylic acids is 1. The molecule has 1 unspecified atom stereocenters. The van der Waals surface area contributed by atoms with E-state index in [9.17, 15) is 19.1 Å². The molecule has 3 aromatic rings. The highest BCUT2D eigenvalue weighted by Gasteiger charge is 2.49. The molecule has 7 nitrogen and oxygen atoms in total. The first-order chi connectivity index (χ1) is 17.3. The first-order valence-corrected chi connectivity index (χ1v) is 12.5. The minimum atomic E-state index is -1.09. The normalized spacial score (nSPS) is 21.2. The molecule has 0 saturated heterocycles. The van der Waals surface area contributed by atoms with Gasteiger partial charge in [0.05, 0.1) is 5.54 Å². The number of benzene rings is 1. The van der Waals surface area contributed by atoms with E-state index in [0.29, 0.717) is 18.4 Å². The van der Waals surface area contributed by atoms with Gasteiger partial charge in [0.25, 0.3) is 5.91 Å². The molecule has 4 heterocycles. The van der Waals surface area contributed by atoms with Crippen LogP contribution >= 0.6 is 11.3 Å². The van der Waals surface area contributed by atoms with Crippen LogP contribution in [0.4, 0.5) is 8.78 Å². The summed E-state index contributed by atoms with van der Waals surface area (Å²) in [7, 11) is 0. The maximum absolute atomic E-state index is 15.2. The molecule has 1 saturated carbocycles. The summed E-state index contributed by atoms with van der Waals surface area (Å²) in [5.74, 6) is -3.44. The number of thiophene rings is 1. The molecule has 1 aromatic carbocycles. The number of amides is 1. The van der Waals surface area contributed by atoms with Crippen LogP contribution in [0.2, 0.25) is 0 Å². The van der Waals surface area contributed by atoms with Crippen LogP contribution in [0.25, 0.3) is 0 Å². The van der Waals surface area contributed by atoms with Crippen molar-refractivity contribution in [3.8, 4) is 11.5 Å². The van der Waals surface area contributed by atoms with Crippen molar-refractivity contribution in [1.82, 2.24) is 9.58 Å². The molecule has 2 aromatic heterocycles. The number of halogens is 2. The van der Waals surface area contributed by atoms with Crippen molar-refractivity contribution in [2.24, 2.45) is 0 Å². The van der Waals surface area contributed by atoms with E-state index in [-0.39, 0.29) is 24.7 Å². The Kier molecular flexibility index (Phi) is 5.18. The van der Waals surface area contributed by atoms with Gasteiger partial charge in [0.1, 0.15) is 19.3 Å². The van der Waals surface area contributed by atoms with E-state index in [1.54, 1.807) is 16.0 Å². The molecule has 186 valence electrons. The Bertz CT molecular complexity index is 1480. The van der Waals surface area contributed by atoms with Crippen molar-refractivity contribution in [3.63, 3.8) is 0 Å². The Morgan fingerprint density at radius 1 is 1.14 bits per heavy atom. The number of aryl methyl sites for hydroxylation is 1. The zero-order valence-electron chi connectivity index (χ0n) is 19.4. The minimum absolute atomic E-state index is 0.0105. The fourth-order valence-electron chi connectivity index (χ4n) is 5.32. The van der Waals surface area contributed by atoms with Gasteiger partial charge in [-0.1, -0.05) is 6.08 Å². The van der Waals surface area contributed by atoms with Gasteiger partial charge in [0.2, 0.25) is 11.2 Å². The highest BCUT2D eigenvalue weighted by molar-refractivity contribution is 7.12. The third kappa shape index (κ3) is 3.27. The molecule has 1 spiro atoms. The van der Waals surface area contributed by atoms with Crippen molar-refractivity contribution in [1.29, 1.82) is 0 Å². The van der Waals surface area contributed by atoms with Gasteiger partial charge in [-0.2, -0.15) is 4.39 Å². The molecule has 1 fully saturated rings. The van der Waals surface area contributed by atoms with Crippen molar-refractivity contribution in [2.75, 3.05) is 18.3 Å². The van der Waals surface area contributed by atoms with Crippen LogP contribution in [0.15, 0.2) is 53.5 Å². The molecule has 1 amide bonds. The van der Waals surface area contributed by atoms with E-state index in [0.717, 1.165) is 22.2 Å². The van der Waals surface area contributed by atoms with E-state index < -0.39 is 40.3 Å². The summed E-state index contributed by atoms with van der Waals surface area (Å²) in [5, 5.41) is 12.5. The van der Waals surface area contributed by atoms with Crippen molar-refractivity contribution in [2.45, 2.75) is 37.8 Å². The monoisotopic (exact) mass is 511 g/mol. The van der Waals surface area contributed by atoms with Gasteiger partial charge in [-0.3, -0.25) is 19.3 Å². The molecule has 36 heavy (non-hydrogen) atoms. The zero-order chi connectivity index (χ0) is 25.2. The lowest BCUT2D eigenvalue weighted by Gasteiger charge is -2.53. The zero-order valence-corrected chi connectivity index (χ0v) is 20.2. The Morgan fingerprint density at radius 3 is 2.64 bits per heavy atom. The molecule has 0 radical (unpaired) electrons. The average Bonchev–Trinajstić information content (AvgIpc) is 3.25. The van der Waals surface area contributed by atoms with Crippen LogP contribution < -0.4 is 15.2 Å². The average molecular weight is 512 g/mol. The molecule has 2 bridgehead atoms. The highest BCUT2D eigenvalue weighted by atomic mass is 32.1. The largest absolute Gasteiger partial charge is 0.502 e. The van der Waals surface area contributed by atoms with Gasteiger partial charge in [-0.05, 0) is 56.5 Å². The number of aromatic nitrogens is 1. The van der Waals surface area contributed by atoms with Crippen LogP contribution in [-0.2, 0) is 0 Å². The quantitative estimate of drug-likeness (QED) is 0.496. The molecule has 6 rings (SSSR count). The number of carbonyl (C=O) groups is 1. The molecule has 3 aliphatic rings. The fourth-order valence-corrected chi connectivity index (χ4v) is 6.32.